The Hall–Kier alpha value is -4.15. The van der Waals surface area contributed by atoms with Crippen LogP contribution in [0.1, 0.15) is 40.5 Å². The van der Waals surface area contributed by atoms with Crippen molar-refractivity contribution >= 4 is 68.5 Å². The van der Waals surface area contributed by atoms with Gasteiger partial charge in [0, 0.05) is 37.1 Å². The number of nitrogens with two attached hydrogens (primary N) is 1. The van der Waals surface area contributed by atoms with Crippen molar-refractivity contribution in [2.24, 2.45) is 17.1 Å². The first-order valence-electron chi connectivity index (χ1n) is 14.3. The fourth-order valence-corrected chi connectivity index (χ4v) is 5.04. The van der Waals surface area contributed by atoms with E-state index in [1.807, 2.05) is 0 Å². The second-order valence-electron chi connectivity index (χ2n) is 11.7. The van der Waals surface area contributed by atoms with Gasteiger partial charge in [-0.3, -0.25) is 24.0 Å². The van der Waals surface area contributed by atoms with Gasteiger partial charge in [0.25, 0.3) is 0 Å². The number of hydrogen-bond donors (Lipinski definition) is 6. The van der Waals surface area contributed by atoms with Gasteiger partial charge in [-0.1, -0.05) is 6.07 Å². The maximum absolute atomic E-state index is 12.8. The lowest BCUT2D eigenvalue weighted by Gasteiger charge is -2.20. The van der Waals surface area contributed by atoms with E-state index in [2.05, 4.69) is 52.5 Å². The molecule has 7 N–H and O–H groups in total. The third-order valence-corrected chi connectivity index (χ3v) is 7.87. The average Bonchev–Trinajstić information content (AvgIpc) is 3.45. The lowest BCUT2D eigenvalue weighted by Crippen LogP contribution is -2.46. The van der Waals surface area contributed by atoms with E-state index in [1.54, 1.807) is 44.3 Å². The van der Waals surface area contributed by atoms with Crippen molar-refractivity contribution in [2.75, 3.05) is 35.6 Å². The number of Topliss-reactive ketones (excluding diaryl/α,β-unsaturated/α-hetero) is 1. The molecule has 2 heterocycles. The highest BCUT2D eigenvalue weighted by Gasteiger charge is 2.55. The normalized spacial score (nSPS) is 20.2. The SMILES string of the molecule is CC1(C)OC2C(=O)CC(C(=O)NCC(=O)Nc3cccc(Nc4ncc(Br)c(NCCCNC(=O)C(C)(C)C(N)=O)n4)c3)C2O1. The van der Waals surface area contributed by atoms with E-state index in [4.69, 9.17) is 15.2 Å². The number of ketones is 1. The molecule has 2 fully saturated rings. The van der Waals surface area contributed by atoms with Gasteiger partial charge in [-0.25, -0.2) is 4.98 Å². The van der Waals surface area contributed by atoms with E-state index < -0.39 is 53.0 Å². The minimum Gasteiger partial charge on any atom is -0.369 e. The number of benzene rings is 1. The Morgan fingerprint density at radius 3 is 2.58 bits per heavy atom. The zero-order chi connectivity index (χ0) is 32.9. The summed E-state index contributed by atoms with van der Waals surface area (Å²) < 4.78 is 12.0. The predicted molar refractivity (Wildman–Crippen MR) is 167 cm³/mol. The topological polar surface area (TPSA) is 216 Å². The molecule has 2 aromatic rings. The Labute approximate surface area is 268 Å². The maximum Gasteiger partial charge on any atom is 0.243 e. The Morgan fingerprint density at radius 2 is 1.84 bits per heavy atom. The van der Waals surface area contributed by atoms with E-state index in [9.17, 15) is 24.0 Å². The number of rotatable bonds is 13. The van der Waals surface area contributed by atoms with Gasteiger partial charge in [0.15, 0.2) is 11.6 Å². The van der Waals surface area contributed by atoms with Crippen LogP contribution in [-0.4, -0.2) is 77.0 Å². The van der Waals surface area contributed by atoms with Gasteiger partial charge >= 0.3 is 0 Å². The number of aromatic nitrogens is 2. The summed E-state index contributed by atoms with van der Waals surface area (Å²) in [5.41, 5.74) is 5.05. The molecule has 0 bridgehead atoms. The highest BCUT2D eigenvalue weighted by atomic mass is 79.9. The molecule has 2 aliphatic rings. The molecule has 45 heavy (non-hydrogen) atoms. The van der Waals surface area contributed by atoms with Gasteiger partial charge in [0.1, 0.15) is 23.4 Å². The molecule has 15 nitrogen and oxygen atoms in total. The van der Waals surface area contributed by atoms with Crippen LogP contribution in [0.25, 0.3) is 0 Å². The zero-order valence-electron chi connectivity index (χ0n) is 25.4. The van der Waals surface area contributed by atoms with Gasteiger partial charge in [-0.15, -0.1) is 0 Å². The molecule has 1 aliphatic heterocycles. The van der Waals surface area contributed by atoms with E-state index in [0.717, 1.165) is 0 Å². The number of halogens is 1. The molecule has 1 aliphatic carbocycles. The number of nitrogens with one attached hydrogen (secondary N) is 5. The molecule has 16 heteroatoms. The van der Waals surface area contributed by atoms with Crippen LogP contribution in [0.2, 0.25) is 0 Å². The minimum atomic E-state index is -1.29. The summed E-state index contributed by atoms with van der Waals surface area (Å²) in [6, 6.07) is 6.87. The highest BCUT2D eigenvalue weighted by molar-refractivity contribution is 9.10. The average molecular weight is 690 g/mol. The van der Waals surface area contributed by atoms with Crippen molar-refractivity contribution in [2.45, 2.75) is 58.5 Å². The van der Waals surface area contributed by atoms with Crippen molar-refractivity contribution in [1.82, 2.24) is 20.6 Å². The number of nitrogens with zero attached hydrogens (tertiary/aromatic N) is 2. The zero-order valence-corrected chi connectivity index (χ0v) is 26.9. The number of ether oxygens (including phenoxy) is 2. The van der Waals surface area contributed by atoms with Gasteiger partial charge in [-0.05, 0) is 68.2 Å². The number of carbonyl (C=O) groups is 5. The van der Waals surface area contributed by atoms with Gasteiger partial charge in [0.05, 0.1) is 16.9 Å². The van der Waals surface area contributed by atoms with Crippen molar-refractivity contribution in [3.05, 3.63) is 34.9 Å². The number of amides is 4. The number of primary amides is 1. The fraction of sp³-hybridized carbons (Fsp3) is 0.483. The number of hydrogen-bond acceptors (Lipinski definition) is 11. The summed E-state index contributed by atoms with van der Waals surface area (Å²) in [6.07, 6.45) is 0.681. The maximum atomic E-state index is 12.8. The molecule has 3 unspecified atom stereocenters. The van der Waals surface area contributed by atoms with E-state index >= 15 is 0 Å². The van der Waals surface area contributed by atoms with Crippen molar-refractivity contribution < 1.29 is 33.4 Å². The minimum absolute atomic E-state index is 0.00292. The number of anilines is 4. The molecule has 0 radical (unpaired) electrons. The third-order valence-electron chi connectivity index (χ3n) is 7.29. The highest BCUT2D eigenvalue weighted by Crippen LogP contribution is 2.39. The molecule has 4 amide bonds. The predicted octanol–water partition coefficient (Wildman–Crippen LogP) is 1.58. The first-order valence-corrected chi connectivity index (χ1v) is 15.1. The number of fused-ring (bicyclic) bond motifs is 1. The molecule has 1 saturated heterocycles. The molecule has 0 spiro atoms. The summed E-state index contributed by atoms with van der Waals surface area (Å²) in [7, 11) is 0. The Kier molecular flexibility index (Phi) is 10.4. The number of carbonyl (C=O) groups excluding carboxylic acids is 5. The Bertz CT molecular complexity index is 1480. The summed E-state index contributed by atoms with van der Waals surface area (Å²) in [5.74, 6) is -3.09. The van der Waals surface area contributed by atoms with Crippen LogP contribution in [-0.2, 0) is 33.4 Å². The van der Waals surface area contributed by atoms with Crippen LogP contribution in [0.3, 0.4) is 0 Å². The van der Waals surface area contributed by atoms with Gasteiger partial charge < -0.3 is 41.8 Å². The summed E-state index contributed by atoms with van der Waals surface area (Å²) in [6.45, 7) is 6.83. The van der Waals surface area contributed by atoms with Crippen LogP contribution in [0.15, 0.2) is 34.9 Å². The summed E-state index contributed by atoms with van der Waals surface area (Å²) in [5, 5.41) is 14.3. The standard InChI is InChI=1S/C29H37BrN8O7/c1-28(2,25(31)42)26(43)33-10-6-9-32-23-18(30)13-35-27(38-23)37-16-8-5-7-15(11-16)36-20(40)14-34-24(41)17-12-19(39)22-21(17)44-29(3,4)45-22/h5,7-8,11,13,17,21-22H,6,9-10,12,14H2,1-4H3,(H2,31,42)(H,33,43)(H,34,41)(H,36,40)(H2,32,35,37,38). The lowest BCUT2D eigenvalue weighted by atomic mass is 9.91. The molecule has 4 rings (SSSR count). The van der Waals surface area contributed by atoms with Crippen molar-refractivity contribution in [3.8, 4) is 0 Å². The molecule has 1 saturated carbocycles. The van der Waals surface area contributed by atoms with Crippen molar-refractivity contribution in [3.63, 3.8) is 0 Å². The first kappa shape index (κ1) is 33.7. The smallest absolute Gasteiger partial charge is 0.243 e. The Morgan fingerprint density at radius 1 is 1.11 bits per heavy atom. The van der Waals surface area contributed by atoms with Crippen LogP contribution in [0.5, 0.6) is 0 Å². The Balaban J connectivity index is 1.24. The second-order valence-corrected chi connectivity index (χ2v) is 12.5. The van der Waals surface area contributed by atoms with E-state index in [0.29, 0.717) is 47.1 Å². The first-order chi connectivity index (χ1) is 21.2. The van der Waals surface area contributed by atoms with Crippen LogP contribution < -0.4 is 32.3 Å². The summed E-state index contributed by atoms with van der Waals surface area (Å²) in [4.78, 5) is 69.9. The van der Waals surface area contributed by atoms with Gasteiger partial charge in [-0.2, -0.15) is 4.98 Å². The van der Waals surface area contributed by atoms with Gasteiger partial charge in [0.2, 0.25) is 29.6 Å². The summed E-state index contributed by atoms with van der Waals surface area (Å²) >= 11 is 3.41. The monoisotopic (exact) mass is 688 g/mol. The van der Waals surface area contributed by atoms with E-state index in [-0.39, 0.29) is 18.7 Å². The van der Waals surface area contributed by atoms with E-state index in [1.165, 1.54) is 13.8 Å². The third kappa shape index (κ3) is 8.52. The largest absolute Gasteiger partial charge is 0.369 e. The molecule has 3 atom stereocenters. The van der Waals surface area contributed by atoms with Crippen LogP contribution in [0.4, 0.5) is 23.1 Å². The molecule has 1 aromatic heterocycles. The molecular formula is C29H37BrN8O7. The fourth-order valence-electron chi connectivity index (χ4n) is 4.71. The molecular weight excluding hydrogens is 652 g/mol. The molecule has 242 valence electrons. The van der Waals surface area contributed by atoms with Crippen LogP contribution in [0, 0.1) is 11.3 Å². The second kappa shape index (κ2) is 13.9. The van der Waals surface area contributed by atoms with Crippen molar-refractivity contribution in [1.29, 1.82) is 0 Å². The molecule has 1 aromatic carbocycles. The quantitative estimate of drug-likeness (QED) is 0.131. The van der Waals surface area contributed by atoms with Crippen LogP contribution >= 0.6 is 15.9 Å². The lowest BCUT2D eigenvalue weighted by molar-refractivity contribution is -0.165.